The summed E-state index contributed by atoms with van der Waals surface area (Å²) in [4.78, 5) is 0. The molecule has 0 aliphatic carbocycles. The molecular weight excluding hydrogens is 176 g/mol. The molecule has 4 N–H and O–H groups in total. The first kappa shape index (κ1) is 10.5. The van der Waals surface area contributed by atoms with Crippen LogP contribution >= 0.6 is 0 Å². The van der Waals surface area contributed by atoms with E-state index in [1.807, 2.05) is 0 Å². The highest BCUT2D eigenvalue weighted by atomic mass is 16.5. The summed E-state index contributed by atoms with van der Waals surface area (Å²) in [6, 6.07) is -0.879. The lowest BCUT2D eigenvalue weighted by Crippen LogP contribution is -2.56. The molecule has 0 saturated carbocycles. The van der Waals surface area contributed by atoms with Gasteiger partial charge in [0, 0.05) is 0 Å². The van der Waals surface area contributed by atoms with E-state index in [-0.39, 0.29) is 6.61 Å². The van der Waals surface area contributed by atoms with Crippen molar-refractivity contribution in [3.63, 3.8) is 0 Å². The lowest BCUT2D eigenvalue weighted by molar-refractivity contribution is -0.181. The zero-order valence-corrected chi connectivity index (χ0v) is 7.29. The second-order valence-electron chi connectivity index (χ2n) is 3.16. The third-order valence-electron chi connectivity index (χ3n) is 2.28. The summed E-state index contributed by atoms with van der Waals surface area (Å²) in [6.07, 6.45) is -3.45. The Bertz CT molecular complexity index is 187. The Morgan fingerprint density at radius 1 is 1.38 bits per heavy atom. The van der Waals surface area contributed by atoms with Crippen molar-refractivity contribution in [2.75, 3.05) is 6.61 Å². The summed E-state index contributed by atoms with van der Waals surface area (Å²) >= 11 is 0. The van der Waals surface area contributed by atoms with Crippen molar-refractivity contribution in [1.82, 2.24) is 0 Å². The van der Waals surface area contributed by atoms with Gasteiger partial charge in [0.25, 0.3) is 0 Å². The van der Waals surface area contributed by atoms with Crippen LogP contribution in [0, 0.1) is 5.53 Å². The monoisotopic (exact) mass is 190 g/mol. The summed E-state index contributed by atoms with van der Waals surface area (Å²) in [7, 11) is 0. The predicted molar refractivity (Wildman–Crippen MR) is 42.4 cm³/mol. The normalized spacial score (nSPS) is 46.0. The van der Waals surface area contributed by atoms with Crippen LogP contribution in [0.3, 0.4) is 0 Å². The minimum Gasteiger partial charge on any atom is -0.394 e. The topological polar surface area (TPSA) is 106 Å². The third-order valence-corrected chi connectivity index (χ3v) is 2.28. The lowest BCUT2D eigenvalue weighted by Gasteiger charge is -2.38. The minimum atomic E-state index is -1.14. The van der Waals surface area contributed by atoms with Gasteiger partial charge < -0.3 is 20.1 Å². The van der Waals surface area contributed by atoms with Crippen molar-refractivity contribution >= 4 is 0 Å². The molecule has 5 atom stereocenters. The fourth-order valence-corrected chi connectivity index (χ4v) is 1.45. The Kier molecular flexibility index (Phi) is 3.32. The summed E-state index contributed by atoms with van der Waals surface area (Å²) in [5, 5.41) is 30.8. The van der Waals surface area contributed by atoms with Gasteiger partial charge in [-0.2, -0.15) is 5.11 Å². The molecule has 5 unspecified atom stereocenters. The van der Waals surface area contributed by atoms with Crippen LogP contribution in [-0.4, -0.2) is 52.4 Å². The molecule has 1 heterocycles. The van der Waals surface area contributed by atoms with Crippen molar-refractivity contribution in [3.05, 3.63) is 0 Å². The van der Waals surface area contributed by atoms with E-state index in [0.29, 0.717) is 0 Å². The van der Waals surface area contributed by atoms with Gasteiger partial charge in [-0.15, -0.1) is 0 Å². The second-order valence-corrected chi connectivity index (χ2v) is 3.16. The molecule has 13 heavy (non-hydrogen) atoms. The molecular formula is C7H14N2O4. The highest BCUT2D eigenvalue weighted by molar-refractivity contribution is 4.93. The molecule has 1 saturated heterocycles. The van der Waals surface area contributed by atoms with Crippen molar-refractivity contribution in [2.24, 2.45) is 5.11 Å². The average molecular weight is 190 g/mol. The SMILES string of the molecule is CC1OC(CO)C(N=N)C(O)C1O. The predicted octanol–water partition coefficient (Wildman–Crippen LogP) is -1.11. The molecule has 76 valence electrons. The minimum absolute atomic E-state index is 0.318. The molecule has 1 aliphatic rings. The smallest absolute Gasteiger partial charge is 0.127 e. The molecule has 0 aromatic carbocycles. The molecule has 1 fully saturated rings. The average Bonchev–Trinajstić information content (AvgIpc) is 2.13. The highest BCUT2D eigenvalue weighted by Gasteiger charge is 2.42. The fraction of sp³-hybridized carbons (Fsp3) is 1.00. The Hall–Kier alpha value is -0.560. The van der Waals surface area contributed by atoms with Crippen LogP contribution in [0.1, 0.15) is 6.92 Å². The Labute approximate surface area is 75.7 Å². The van der Waals surface area contributed by atoms with Gasteiger partial charge in [-0.1, -0.05) is 0 Å². The van der Waals surface area contributed by atoms with Crippen molar-refractivity contribution in [2.45, 2.75) is 37.4 Å². The van der Waals surface area contributed by atoms with E-state index in [1.165, 1.54) is 0 Å². The van der Waals surface area contributed by atoms with Gasteiger partial charge in [0.1, 0.15) is 24.4 Å². The van der Waals surface area contributed by atoms with Crippen LogP contribution in [0.15, 0.2) is 5.11 Å². The zero-order chi connectivity index (χ0) is 10.0. The standard InChI is InChI=1S/C7H14N2O4/c1-3-6(11)7(12)5(9-8)4(2-10)13-3/h3-8,10-12H,2H2,1H3. The van der Waals surface area contributed by atoms with E-state index in [4.69, 9.17) is 15.4 Å². The van der Waals surface area contributed by atoms with Crippen molar-refractivity contribution < 1.29 is 20.1 Å². The third kappa shape index (κ3) is 1.86. The number of nitrogens with one attached hydrogen (secondary N) is 1. The number of hydrogen-bond acceptors (Lipinski definition) is 6. The van der Waals surface area contributed by atoms with Crippen LogP contribution in [0.4, 0.5) is 0 Å². The molecule has 0 aromatic heterocycles. The van der Waals surface area contributed by atoms with Gasteiger partial charge in [-0.25, -0.2) is 5.53 Å². The van der Waals surface area contributed by atoms with E-state index >= 15 is 0 Å². The van der Waals surface area contributed by atoms with Gasteiger partial charge in [0.2, 0.25) is 0 Å². The van der Waals surface area contributed by atoms with Gasteiger partial charge in [0.15, 0.2) is 0 Å². The maximum atomic E-state index is 9.45. The summed E-state index contributed by atoms with van der Waals surface area (Å²) < 4.78 is 5.15. The van der Waals surface area contributed by atoms with E-state index < -0.39 is 30.5 Å². The molecule has 6 heteroatoms. The van der Waals surface area contributed by atoms with Crippen LogP contribution in [-0.2, 0) is 4.74 Å². The molecule has 0 amide bonds. The largest absolute Gasteiger partial charge is 0.394 e. The summed E-state index contributed by atoms with van der Waals surface area (Å²) in [5.74, 6) is 0. The Morgan fingerprint density at radius 3 is 2.46 bits per heavy atom. The lowest BCUT2D eigenvalue weighted by atomic mass is 9.94. The number of ether oxygens (including phenoxy) is 1. The molecule has 0 bridgehead atoms. The first-order valence-electron chi connectivity index (χ1n) is 4.10. The van der Waals surface area contributed by atoms with Gasteiger partial charge in [-0.3, -0.25) is 0 Å². The van der Waals surface area contributed by atoms with E-state index in [2.05, 4.69) is 5.11 Å². The molecule has 1 rings (SSSR count). The van der Waals surface area contributed by atoms with E-state index in [9.17, 15) is 10.2 Å². The number of aliphatic hydroxyl groups excluding tert-OH is 3. The molecule has 0 radical (unpaired) electrons. The molecule has 0 aromatic rings. The quantitative estimate of drug-likeness (QED) is 0.414. The van der Waals surface area contributed by atoms with Crippen LogP contribution < -0.4 is 0 Å². The van der Waals surface area contributed by atoms with Gasteiger partial charge in [0.05, 0.1) is 12.7 Å². The maximum absolute atomic E-state index is 9.45. The zero-order valence-electron chi connectivity index (χ0n) is 7.29. The first-order valence-corrected chi connectivity index (χ1v) is 4.10. The maximum Gasteiger partial charge on any atom is 0.127 e. The Morgan fingerprint density at radius 2 is 2.00 bits per heavy atom. The van der Waals surface area contributed by atoms with Gasteiger partial charge >= 0.3 is 0 Å². The number of rotatable bonds is 2. The molecule has 0 spiro atoms. The Balaban J connectivity index is 2.74. The van der Waals surface area contributed by atoms with Crippen LogP contribution in [0.2, 0.25) is 0 Å². The van der Waals surface area contributed by atoms with E-state index in [1.54, 1.807) is 6.92 Å². The number of aliphatic hydroxyl groups is 3. The summed E-state index contributed by atoms with van der Waals surface area (Å²) in [6.45, 7) is 1.28. The second kappa shape index (κ2) is 4.10. The number of hydrogen-bond donors (Lipinski definition) is 4. The number of nitrogens with zero attached hydrogens (tertiary/aromatic N) is 1. The summed E-state index contributed by atoms with van der Waals surface area (Å²) in [5.41, 5.74) is 6.78. The highest BCUT2D eigenvalue weighted by Crippen LogP contribution is 2.22. The fourth-order valence-electron chi connectivity index (χ4n) is 1.45. The van der Waals surface area contributed by atoms with Crippen LogP contribution in [0.25, 0.3) is 0 Å². The van der Waals surface area contributed by atoms with Crippen LogP contribution in [0.5, 0.6) is 0 Å². The van der Waals surface area contributed by atoms with Gasteiger partial charge in [-0.05, 0) is 6.92 Å². The van der Waals surface area contributed by atoms with Crippen molar-refractivity contribution in [3.8, 4) is 0 Å². The molecule has 6 nitrogen and oxygen atoms in total. The first-order chi connectivity index (χ1) is 6.11. The van der Waals surface area contributed by atoms with E-state index in [0.717, 1.165) is 0 Å². The molecule has 1 aliphatic heterocycles. The van der Waals surface area contributed by atoms with Crippen molar-refractivity contribution in [1.29, 1.82) is 5.53 Å².